The van der Waals surface area contributed by atoms with Crippen LogP contribution < -0.4 is 5.73 Å². The van der Waals surface area contributed by atoms with Crippen molar-refractivity contribution in [3.8, 4) is 0 Å². The summed E-state index contributed by atoms with van der Waals surface area (Å²) in [6.45, 7) is 3.94. The summed E-state index contributed by atoms with van der Waals surface area (Å²) in [5.41, 5.74) is 5.65. The summed E-state index contributed by atoms with van der Waals surface area (Å²) in [5, 5.41) is 0. The molecule has 0 unspecified atom stereocenters. The molecule has 1 saturated heterocycles. The maximum atomic E-state index is 5.65. The summed E-state index contributed by atoms with van der Waals surface area (Å²) in [5.74, 6) is 0. The topological polar surface area (TPSA) is 38.5 Å². The van der Waals surface area contributed by atoms with Crippen LogP contribution in [0.25, 0.3) is 0 Å². The maximum absolute atomic E-state index is 5.65. The van der Waals surface area contributed by atoms with Crippen LogP contribution in [0.2, 0.25) is 0 Å². The van der Waals surface area contributed by atoms with E-state index >= 15 is 0 Å². The van der Waals surface area contributed by atoms with Gasteiger partial charge in [0.1, 0.15) is 0 Å². The molecule has 1 saturated carbocycles. The zero-order valence-corrected chi connectivity index (χ0v) is 10.4. The third-order valence-corrected chi connectivity index (χ3v) is 4.07. The summed E-state index contributed by atoms with van der Waals surface area (Å²) >= 11 is 0. The molecule has 0 amide bonds. The van der Waals surface area contributed by atoms with Gasteiger partial charge in [-0.05, 0) is 45.2 Å². The Balaban J connectivity index is 1.89. The van der Waals surface area contributed by atoms with Crippen molar-refractivity contribution in [1.29, 1.82) is 0 Å². The summed E-state index contributed by atoms with van der Waals surface area (Å²) in [7, 11) is 0. The van der Waals surface area contributed by atoms with Crippen LogP contribution >= 0.6 is 0 Å². The molecule has 2 rings (SSSR count). The minimum Gasteiger partial charge on any atom is -0.381 e. The van der Waals surface area contributed by atoms with E-state index in [-0.39, 0.29) is 0 Å². The molecule has 3 nitrogen and oxygen atoms in total. The lowest BCUT2D eigenvalue weighted by atomic mass is 10.0. The number of ether oxygens (including phenoxy) is 1. The van der Waals surface area contributed by atoms with Gasteiger partial charge in [0.2, 0.25) is 0 Å². The molecule has 0 bridgehead atoms. The Bertz CT molecular complexity index is 186. The van der Waals surface area contributed by atoms with Crippen LogP contribution in [-0.2, 0) is 4.74 Å². The molecule has 0 atom stereocenters. The number of hydrogen-bond donors (Lipinski definition) is 1. The molecule has 2 N–H and O–H groups in total. The lowest BCUT2D eigenvalue weighted by Crippen LogP contribution is -2.45. The second-order valence-electron chi connectivity index (χ2n) is 5.16. The molecule has 3 heteroatoms. The van der Waals surface area contributed by atoms with Gasteiger partial charge in [-0.2, -0.15) is 0 Å². The van der Waals surface area contributed by atoms with Gasteiger partial charge in [-0.3, -0.25) is 4.90 Å². The van der Waals surface area contributed by atoms with Crippen LogP contribution in [0, 0.1) is 0 Å². The second-order valence-corrected chi connectivity index (χ2v) is 5.16. The highest BCUT2D eigenvalue weighted by Gasteiger charge is 2.29. The van der Waals surface area contributed by atoms with Gasteiger partial charge in [-0.1, -0.05) is 12.8 Å². The fourth-order valence-electron chi connectivity index (χ4n) is 3.19. The Morgan fingerprint density at radius 1 is 1.00 bits per heavy atom. The normalized spacial score (nSPS) is 24.4. The third kappa shape index (κ3) is 3.19. The van der Waals surface area contributed by atoms with Crippen LogP contribution in [0.5, 0.6) is 0 Å². The van der Waals surface area contributed by atoms with E-state index in [1.165, 1.54) is 45.1 Å². The van der Waals surface area contributed by atoms with Gasteiger partial charge in [0.05, 0.1) is 0 Å². The predicted octanol–water partition coefficient (Wildman–Crippen LogP) is 1.76. The summed E-state index contributed by atoms with van der Waals surface area (Å²) in [6, 6.07) is 1.61. The molecule has 2 aliphatic rings. The molecule has 1 aliphatic carbocycles. The molecule has 94 valence electrons. The molecular formula is C13H26N2O. The van der Waals surface area contributed by atoms with E-state index in [9.17, 15) is 0 Å². The lowest BCUT2D eigenvalue weighted by Gasteiger charge is -2.38. The molecule has 0 aromatic rings. The van der Waals surface area contributed by atoms with Gasteiger partial charge in [-0.15, -0.1) is 0 Å². The largest absolute Gasteiger partial charge is 0.381 e. The monoisotopic (exact) mass is 226 g/mol. The van der Waals surface area contributed by atoms with Crippen molar-refractivity contribution in [2.75, 3.05) is 26.3 Å². The smallest absolute Gasteiger partial charge is 0.0480 e. The fraction of sp³-hybridized carbons (Fsp3) is 1.00. The first-order chi connectivity index (χ1) is 7.92. The molecule has 0 aromatic heterocycles. The summed E-state index contributed by atoms with van der Waals surface area (Å²) < 4.78 is 5.47. The van der Waals surface area contributed by atoms with Crippen molar-refractivity contribution < 1.29 is 4.74 Å². The van der Waals surface area contributed by atoms with Crippen LogP contribution in [0.4, 0.5) is 0 Å². The fourth-order valence-corrected chi connectivity index (χ4v) is 3.19. The van der Waals surface area contributed by atoms with E-state index in [0.29, 0.717) is 0 Å². The van der Waals surface area contributed by atoms with Crippen LogP contribution in [0.3, 0.4) is 0 Å². The highest BCUT2D eigenvalue weighted by Crippen LogP contribution is 2.28. The highest BCUT2D eigenvalue weighted by atomic mass is 16.5. The highest BCUT2D eigenvalue weighted by molar-refractivity contribution is 4.84. The number of nitrogens with two attached hydrogens (primary N) is 1. The van der Waals surface area contributed by atoms with Gasteiger partial charge in [0.15, 0.2) is 0 Å². The van der Waals surface area contributed by atoms with Crippen molar-refractivity contribution in [3.05, 3.63) is 0 Å². The van der Waals surface area contributed by atoms with Crippen molar-refractivity contribution in [3.63, 3.8) is 0 Å². The first-order valence-electron chi connectivity index (χ1n) is 6.95. The molecular weight excluding hydrogens is 200 g/mol. The number of hydrogen-bond acceptors (Lipinski definition) is 3. The molecule has 0 aromatic carbocycles. The second kappa shape index (κ2) is 6.58. The van der Waals surface area contributed by atoms with Crippen LogP contribution in [-0.4, -0.2) is 43.3 Å². The minimum absolute atomic E-state index is 0.767. The Morgan fingerprint density at radius 2 is 1.62 bits per heavy atom. The van der Waals surface area contributed by atoms with Crippen molar-refractivity contribution in [2.45, 2.75) is 57.0 Å². The van der Waals surface area contributed by atoms with Gasteiger partial charge in [0, 0.05) is 25.3 Å². The number of nitrogens with zero attached hydrogens (tertiary/aromatic N) is 1. The van der Waals surface area contributed by atoms with Gasteiger partial charge >= 0.3 is 0 Å². The van der Waals surface area contributed by atoms with E-state index in [1.54, 1.807) is 0 Å². The Morgan fingerprint density at radius 3 is 2.25 bits per heavy atom. The molecule has 0 radical (unpaired) electrons. The minimum atomic E-state index is 0.767. The van der Waals surface area contributed by atoms with Crippen molar-refractivity contribution in [2.24, 2.45) is 5.73 Å². The standard InChI is InChI=1S/C13H26N2O/c14-8-3-9-15(12-4-1-2-5-12)13-6-10-16-11-7-13/h12-13H,1-11,14H2. The molecule has 2 fully saturated rings. The third-order valence-electron chi connectivity index (χ3n) is 4.07. The average molecular weight is 226 g/mol. The SMILES string of the molecule is NCCCN(C1CCCC1)C1CCOCC1. The zero-order valence-electron chi connectivity index (χ0n) is 10.4. The number of rotatable bonds is 5. The summed E-state index contributed by atoms with van der Waals surface area (Å²) in [4.78, 5) is 2.75. The van der Waals surface area contributed by atoms with E-state index < -0.39 is 0 Å². The quantitative estimate of drug-likeness (QED) is 0.776. The van der Waals surface area contributed by atoms with Gasteiger partial charge in [-0.25, -0.2) is 0 Å². The predicted molar refractivity (Wildman–Crippen MR) is 66.5 cm³/mol. The van der Waals surface area contributed by atoms with Gasteiger partial charge in [0.25, 0.3) is 0 Å². The lowest BCUT2D eigenvalue weighted by molar-refractivity contribution is 0.0173. The van der Waals surface area contributed by atoms with Crippen molar-refractivity contribution in [1.82, 2.24) is 4.90 Å². The van der Waals surface area contributed by atoms with E-state index in [4.69, 9.17) is 10.5 Å². The van der Waals surface area contributed by atoms with Crippen molar-refractivity contribution >= 4 is 0 Å². The Hall–Kier alpha value is -0.120. The Kier molecular flexibility index (Phi) is 5.07. The van der Waals surface area contributed by atoms with Gasteiger partial charge < -0.3 is 10.5 Å². The zero-order chi connectivity index (χ0) is 11.2. The molecule has 0 spiro atoms. The maximum Gasteiger partial charge on any atom is 0.0480 e. The van der Waals surface area contributed by atoms with E-state index in [2.05, 4.69) is 4.90 Å². The summed E-state index contributed by atoms with van der Waals surface area (Å²) in [6.07, 6.45) is 9.25. The average Bonchev–Trinajstić information content (AvgIpc) is 2.85. The molecule has 16 heavy (non-hydrogen) atoms. The first-order valence-corrected chi connectivity index (χ1v) is 6.95. The van der Waals surface area contributed by atoms with Crippen LogP contribution in [0.1, 0.15) is 44.9 Å². The van der Waals surface area contributed by atoms with Crippen LogP contribution in [0.15, 0.2) is 0 Å². The molecule has 1 aliphatic heterocycles. The van der Waals surface area contributed by atoms with E-state index in [1.807, 2.05) is 0 Å². The van der Waals surface area contributed by atoms with E-state index in [0.717, 1.165) is 38.3 Å². The first kappa shape index (κ1) is 12.3. The molecule has 1 heterocycles. The Labute approximate surface area is 99.3 Å².